The summed E-state index contributed by atoms with van der Waals surface area (Å²) in [4.78, 5) is 0. The van der Waals surface area contributed by atoms with Gasteiger partial charge in [0.25, 0.3) is 0 Å². The van der Waals surface area contributed by atoms with Crippen molar-refractivity contribution in [1.82, 2.24) is 0 Å². The van der Waals surface area contributed by atoms with Crippen LogP contribution in [0.4, 0.5) is 26.3 Å². The smallest absolute Gasteiger partial charge is 0.206 e. The fourth-order valence-electron chi connectivity index (χ4n) is 3.76. The van der Waals surface area contributed by atoms with Crippen LogP contribution in [0.1, 0.15) is 49.7 Å². The summed E-state index contributed by atoms with van der Waals surface area (Å²) in [6, 6.07) is 4.35. The standard InChI is InChI=1S/C22H19ClF6/c1-12-2-4-13(5-3-12)14-9-19(25)21(20(26)10-14)15-8-17(23)16(18(24)11-15)6-7-22(27,28)29/h6-13H,2-5H2,1H3/b7-6+. The molecule has 0 aromatic heterocycles. The van der Waals surface area contributed by atoms with Gasteiger partial charge in [0.15, 0.2) is 0 Å². The van der Waals surface area contributed by atoms with Crippen molar-refractivity contribution in [3.8, 4) is 11.1 Å². The SMILES string of the molecule is CC1CCC(c2cc(F)c(-c3cc(F)c(/C=C/C(F)(F)F)c(Cl)c3)c(F)c2)CC1. The van der Waals surface area contributed by atoms with Crippen LogP contribution < -0.4 is 0 Å². The first-order chi connectivity index (χ1) is 13.5. The lowest BCUT2D eigenvalue weighted by atomic mass is 9.79. The zero-order valence-corrected chi connectivity index (χ0v) is 16.3. The molecular formula is C22H19ClF6. The molecule has 0 nitrogen and oxygen atoms in total. The quantitative estimate of drug-likeness (QED) is 0.428. The van der Waals surface area contributed by atoms with E-state index in [4.69, 9.17) is 11.6 Å². The molecule has 0 amide bonds. The fraction of sp³-hybridized carbons (Fsp3) is 0.364. The lowest BCUT2D eigenvalue weighted by molar-refractivity contribution is -0.0790. The molecule has 156 valence electrons. The molecule has 1 aliphatic rings. The summed E-state index contributed by atoms with van der Waals surface area (Å²) in [7, 11) is 0. The molecule has 0 unspecified atom stereocenters. The van der Waals surface area contributed by atoms with Crippen LogP contribution in [0.25, 0.3) is 17.2 Å². The summed E-state index contributed by atoms with van der Waals surface area (Å²) in [5, 5.41) is -0.371. The van der Waals surface area contributed by atoms with Crippen molar-refractivity contribution in [2.45, 2.75) is 44.7 Å². The molecule has 1 fully saturated rings. The largest absolute Gasteiger partial charge is 0.409 e. The number of benzene rings is 2. The Balaban J connectivity index is 1.95. The molecule has 2 aromatic rings. The lowest BCUT2D eigenvalue weighted by Crippen LogP contribution is -2.11. The lowest BCUT2D eigenvalue weighted by Gasteiger charge is -2.26. The zero-order valence-electron chi connectivity index (χ0n) is 15.6. The molecule has 0 bridgehead atoms. The van der Waals surface area contributed by atoms with Crippen LogP contribution in [0.3, 0.4) is 0 Å². The molecule has 29 heavy (non-hydrogen) atoms. The molecule has 0 radical (unpaired) electrons. The first-order valence-corrected chi connectivity index (χ1v) is 9.67. The first kappa shape index (κ1) is 21.8. The van der Waals surface area contributed by atoms with E-state index in [1.165, 1.54) is 12.1 Å². The highest BCUT2D eigenvalue weighted by Gasteiger charge is 2.25. The fourth-order valence-corrected chi connectivity index (χ4v) is 4.03. The van der Waals surface area contributed by atoms with Gasteiger partial charge in [-0.05, 0) is 66.1 Å². The van der Waals surface area contributed by atoms with Crippen molar-refractivity contribution in [2.24, 2.45) is 5.92 Å². The highest BCUT2D eigenvalue weighted by molar-refractivity contribution is 6.32. The minimum absolute atomic E-state index is 0.0689. The van der Waals surface area contributed by atoms with Crippen LogP contribution in [-0.4, -0.2) is 6.18 Å². The summed E-state index contributed by atoms with van der Waals surface area (Å²) < 4.78 is 80.7. The van der Waals surface area contributed by atoms with E-state index in [-0.39, 0.29) is 22.6 Å². The van der Waals surface area contributed by atoms with E-state index in [0.29, 0.717) is 17.6 Å². The second-order valence-electron chi connectivity index (χ2n) is 7.54. The van der Waals surface area contributed by atoms with Gasteiger partial charge in [-0.1, -0.05) is 31.4 Å². The second kappa shape index (κ2) is 8.42. The van der Waals surface area contributed by atoms with Crippen LogP contribution in [0.2, 0.25) is 5.02 Å². The summed E-state index contributed by atoms with van der Waals surface area (Å²) in [5.74, 6) is -2.15. The summed E-state index contributed by atoms with van der Waals surface area (Å²) in [6.07, 6.45) is -0.633. The van der Waals surface area contributed by atoms with Crippen molar-refractivity contribution < 1.29 is 26.3 Å². The number of rotatable bonds is 3. The van der Waals surface area contributed by atoms with E-state index in [1.54, 1.807) is 0 Å². The highest BCUT2D eigenvalue weighted by atomic mass is 35.5. The van der Waals surface area contributed by atoms with Gasteiger partial charge in [0.1, 0.15) is 17.5 Å². The molecule has 1 aliphatic carbocycles. The molecule has 7 heteroatoms. The van der Waals surface area contributed by atoms with Crippen LogP contribution >= 0.6 is 11.6 Å². The molecule has 1 saturated carbocycles. The molecular weight excluding hydrogens is 414 g/mol. The molecule has 0 saturated heterocycles. The normalized spacial score (nSPS) is 20.4. The van der Waals surface area contributed by atoms with Gasteiger partial charge in [0.05, 0.1) is 10.6 Å². The average Bonchev–Trinajstić information content (AvgIpc) is 2.60. The summed E-state index contributed by atoms with van der Waals surface area (Å²) in [5.41, 5.74) is -0.561. The third-order valence-corrected chi connectivity index (χ3v) is 5.67. The van der Waals surface area contributed by atoms with Crippen molar-refractivity contribution >= 4 is 17.7 Å². The van der Waals surface area contributed by atoms with Gasteiger partial charge in [-0.15, -0.1) is 0 Å². The molecule has 3 rings (SSSR count). The predicted molar refractivity (Wildman–Crippen MR) is 102 cm³/mol. The minimum atomic E-state index is -4.64. The van der Waals surface area contributed by atoms with Gasteiger partial charge in [-0.2, -0.15) is 13.2 Å². The third kappa shape index (κ3) is 5.16. The van der Waals surface area contributed by atoms with Gasteiger partial charge < -0.3 is 0 Å². The Morgan fingerprint density at radius 2 is 1.48 bits per heavy atom. The Morgan fingerprint density at radius 1 is 0.897 bits per heavy atom. The number of halogens is 7. The minimum Gasteiger partial charge on any atom is -0.206 e. The molecule has 0 N–H and O–H groups in total. The van der Waals surface area contributed by atoms with Gasteiger partial charge in [-0.25, -0.2) is 13.2 Å². The van der Waals surface area contributed by atoms with Crippen LogP contribution in [-0.2, 0) is 0 Å². The Bertz CT molecular complexity index is 877. The first-order valence-electron chi connectivity index (χ1n) is 9.29. The number of hydrogen-bond donors (Lipinski definition) is 0. The monoisotopic (exact) mass is 432 g/mol. The number of hydrogen-bond acceptors (Lipinski definition) is 0. The van der Waals surface area contributed by atoms with Crippen molar-refractivity contribution in [3.63, 3.8) is 0 Å². The van der Waals surface area contributed by atoms with Crippen molar-refractivity contribution in [1.29, 1.82) is 0 Å². The van der Waals surface area contributed by atoms with Crippen molar-refractivity contribution in [2.75, 3.05) is 0 Å². The Kier molecular flexibility index (Phi) is 6.32. The molecule has 0 heterocycles. The molecule has 2 aromatic carbocycles. The average molecular weight is 433 g/mol. The molecule has 0 aliphatic heterocycles. The maximum atomic E-state index is 14.7. The van der Waals surface area contributed by atoms with E-state index in [9.17, 15) is 26.3 Å². The third-order valence-electron chi connectivity index (χ3n) is 5.36. The summed E-state index contributed by atoms with van der Waals surface area (Å²) in [6.45, 7) is 2.15. The molecule has 0 spiro atoms. The Labute approximate surface area is 170 Å². The van der Waals surface area contributed by atoms with E-state index >= 15 is 0 Å². The van der Waals surface area contributed by atoms with Gasteiger partial charge in [0, 0.05) is 11.6 Å². The zero-order chi connectivity index (χ0) is 21.3. The number of allylic oxidation sites excluding steroid dienone is 1. The predicted octanol–water partition coefficient (Wildman–Crippen LogP) is 8.29. The topological polar surface area (TPSA) is 0 Å². The van der Waals surface area contributed by atoms with E-state index < -0.39 is 34.8 Å². The number of alkyl halides is 3. The molecule has 0 atom stereocenters. The second-order valence-corrected chi connectivity index (χ2v) is 7.95. The van der Waals surface area contributed by atoms with Crippen LogP contribution in [0.5, 0.6) is 0 Å². The summed E-state index contributed by atoms with van der Waals surface area (Å²) >= 11 is 5.88. The maximum Gasteiger partial charge on any atom is 0.409 e. The Hall–Kier alpha value is -1.95. The maximum absolute atomic E-state index is 14.7. The van der Waals surface area contributed by atoms with E-state index in [1.807, 2.05) is 0 Å². The van der Waals surface area contributed by atoms with Gasteiger partial charge >= 0.3 is 6.18 Å². The highest BCUT2D eigenvalue weighted by Crippen LogP contribution is 2.39. The Morgan fingerprint density at radius 3 is 2.00 bits per heavy atom. The van der Waals surface area contributed by atoms with E-state index in [2.05, 4.69) is 6.92 Å². The van der Waals surface area contributed by atoms with Crippen LogP contribution in [0.15, 0.2) is 30.3 Å². The van der Waals surface area contributed by atoms with Gasteiger partial charge in [-0.3, -0.25) is 0 Å². The van der Waals surface area contributed by atoms with Gasteiger partial charge in [0.2, 0.25) is 0 Å². The van der Waals surface area contributed by atoms with Crippen molar-refractivity contribution in [3.05, 3.63) is 63.9 Å². The van der Waals surface area contributed by atoms with Crippen LogP contribution in [0, 0.1) is 23.4 Å². The van der Waals surface area contributed by atoms with E-state index in [0.717, 1.165) is 37.8 Å².